The zero-order valence-corrected chi connectivity index (χ0v) is 14.3. The lowest BCUT2D eigenvalue weighted by atomic mass is 9.98. The number of nitrogens with zero attached hydrogens (tertiary/aromatic N) is 4. The van der Waals surface area contributed by atoms with Crippen molar-refractivity contribution in [1.82, 2.24) is 19.0 Å². The second kappa shape index (κ2) is 5.78. The third-order valence-electron chi connectivity index (χ3n) is 4.69. The highest BCUT2D eigenvalue weighted by Crippen LogP contribution is 2.22. The van der Waals surface area contributed by atoms with Gasteiger partial charge in [0, 0.05) is 24.8 Å². The highest BCUT2D eigenvalue weighted by atomic mass is 15.2. The van der Waals surface area contributed by atoms with Crippen molar-refractivity contribution in [1.29, 1.82) is 0 Å². The summed E-state index contributed by atoms with van der Waals surface area (Å²) in [6.07, 6.45) is 9.22. The lowest BCUT2D eigenvalue weighted by Crippen LogP contribution is -2.01. The van der Waals surface area contributed by atoms with Gasteiger partial charge >= 0.3 is 0 Å². The minimum Gasteiger partial charge on any atom is -0.307 e. The highest BCUT2D eigenvalue weighted by Gasteiger charge is 2.11. The van der Waals surface area contributed by atoms with Gasteiger partial charge in [0.1, 0.15) is 5.65 Å². The number of hydrogen-bond acceptors (Lipinski definition) is 2. The molecule has 0 aliphatic carbocycles. The average Bonchev–Trinajstić information content (AvgIpc) is 3.18. The predicted molar refractivity (Wildman–Crippen MR) is 96.6 cm³/mol. The van der Waals surface area contributed by atoms with Crippen LogP contribution in [0.2, 0.25) is 0 Å². The summed E-state index contributed by atoms with van der Waals surface area (Å²) in [5, 5.41) is 4.33. The molecule has 0 aliphatic heterocycles. The molecule has 4 aromatic heterocycles. The molecular weight excluding hydrogens is 296 g/mol. The van der Waals surface area contributed by atoms with Gasteiger partial charge in [-0.15, -0.1) is 0 Å². The van der Waals surface area contributed by atoms with E-state index < -0.39 is 0 Å². The fraction of sp³-hybridized carbons (Fsp3) is 0.300. The van der Waals surface area contributed by atoms with Crippen LogP contribution in [0, 0.1) is 0 Å². The number of rotatable bonds is 4. The van der Waals surface area contributed by atoms with Gasteiger partial charge in [-0.25, -0.2) is 9.50 Å². The SMILES string of the molecule is CC(C)c1ccc2nc(CC(C)c3ccc4ccnn4c3)cn2c1. The Morgan fingerprint density at radius 3 is 2.58 bits per heavy atom. The fourth-order valence-electron chi connectivity index (χ4n) is 3.15. The minimum atomic E-state index is 0.396. The second-order valence-electron chi connectivity index (χ2n) is 6.88. The molecule has 122 valence electrons. The summed E-state index contributed by atoms with van der Waals surface area (Å²) in [4.78, 5) is 4.77. The molecular formula is C20H22N4. The van der Waals surface area contributed by atoms with Crippen LogP contribution in [0.3, 0.4) is 0 Å². The maximum atomic E-state index is 4.77. The molecule has 1 atom stereocenters. The molecule has 0 radical (unpaired) electrons. The molecule has 4 heterocycles. The van der Waals surface area contributed by atoms with Gasteiger partial charge in [-0.05, 0) is 47.6 Å². The number of aromatic nitrogens is 4. The number of hydrogen-bond donors (Lipinski definition) is 0. The van der Waals surface area contributed by atoms with Crippen LogP contribution < -0.4 is 0 Å². The van der Waals surface area contributed by atoms with Crippen molar-refractivity contribution in [3.63, 3.8) is 0 Å². The van der Waals surface area contributed by atoms with Gasteiger partial charge in [-0.3, -0.25) is 0 Å². The Labute approximate surface area is 141 Å². The Morgan fingerprint density at radius 2 is 1.75 bits per heavy atom. The quantitative estimate of drug-likeness (QED) is 0.557. The molecule has 0 amide bonds. The van der Waals surface area contributed by atoms with Crippen molar-refractivity contribution in [3.8, 4) is 0 Å². The summed E-state index contributed by atoms with van der Waals surface area (Å²) >= 11 is 0. The predicted octanol–water partition coefficient (Wildman–Crippen LogP) is 4.45. The molecule has 0 fully saturated rings. The Bertz CT molecular complexity index is 993. The van der Waals surface area contributed by atoms with Crippen LogP contribution in [-0.4, -0.2) is 19.0 Å². The van der Waals surface area contributed by atoms with Gasteiger partial charge in [0.25, 0.3) is 0 Å². The maximum absolute atomic E-state index is 4.77. The monoisotopic (exact) mass is 318 g/mol. The highest BCUT2D eigenvalue weighted by molar-refractivity contribution is 5.46. The van der Waals surface area contributed by atoms with Crippen LogP contribution in [0.25, 0.3) is 11.2 Å². The topological polar surface area (TPSA) is 34.6 Å². The average molecular weight is 318 g/mol. The molecule has 4 rings (SSSR count). The third kappa shape index (κ3) is 2.68. The molecule has 0 saturated heterocycles. The fourth-order valence-corrected chi connectivity index (χ4v) is 3.15. The standard InChI is InChI=1S/C20H22N4/c1-14(2)16-5-7-20-22-18(13-23(20)11-16)10-15(3)17-4-6-19-8-9-21-24(19)12-17/h4-9,11-15H,10H2,1-3H3. The summed E-state index contributed by atoms with van der Waals surface area (Å²) < 4.78 is 4.08. The van der Waals surface area contributed by atoms with Gasteiger partial charge in [-0.1, -0.05) is 32.9 Å². The first-order valence-corrected chi connectivity index (χ1v) is 8.51. The Morgan fingerprint density at radius 1 is 0.917 bits per heavy atom. The maximum Gasteiger partial charge on any atom is 0.136 e. The molecule has 4 aromatic rings. The molecule has 24 heavy (non-hydrogen) atoms. The molecule has 0 bridgehead atoms. The second-order valence-corrected chi connectivity index (χ2v) is 6.88. The van der Waals surface area contributed by atoms with Gasteiger partial charge in [0.15, 0.2) is 0 Å². The van der Waals surface area contributed by atoms with Crippen molar-refractivity contribution >= 4 is 11.2 Å². The van der Waals surface area contributed by atoms with E-state index in [0.29, 0.717) is 11.8 Å². The van der Waals surface area contributed by atoms with Gasteiger partial charge < -0.3 is 4.40 Å². The van der Waals surface area contributed by atoms with Crippen molar-refractivity contribution < 1.29 is 0 Å². The van der Waals surface area contributed by atoms with E-state index in [-0.39, 0.29) is 0 Å². The number of imidazole rings is 1. The summed E-state index contributed by atoms with van der Waals surface area (Å²) in [6, 6.07) is 10.6. The smallest absolute Gasteiger partial charge is 0.136 e. The van der Waals surface area contributed by atoms with Crippen molar-refractivity contribution in [2.24, 2.45) is 0 Å². The van der Waals surface area contributed by atoms with E-state index in [9.17, 15) is 0 Å². The molecule has 0 aliphatic rings. The van der Waals surface area contributed by atoms with Gasteiger partial charge in [-0.2, -0.15) is 5.10 Å². The van der Waals surface area contributed by atoms with Crippen LogP contribution in [0.5, 0.6) is 0 Å². The lowest BCUT2D eigenvalue weighted by molar-refractivity contribution is 0.734. The first-order chi connectivity index (χ1) is 11.6. The van der Waals surface area contributed by atoms with Crippen LogP contribution in [0.15, 0.2) is 55.1 Å². The zero-order chi connectivity index (χ0) is 16.7. The number of fused-ring (bicyclic) bond motifs is 2. The Balaban J connectivity index is 1.60. The van der Waals surface area contributed by atoms with E-state index in [1.165, 1.54) is 11.1 Å². The largest absolute Gasteiger partial charge is 0.307 e. The van der Waals surface area contributed by atoms with Crippen molar-refractivity contribution in [2.45, 2.75) is 39.0 Å². The first-order valence-electron chi connectivity index (χ1n) is 8.51. The van der Waals surface area contributed by atoms with Crippen molar-refractivity contribution in [2.75, 3.05) is 0 Å². The minimum absolute atomic E-state index is 0.396. The van der Waals surface area contributed by atoms with Crippen LogP contribution in [0.4, 0.5) is 0 Å². The van der Waals surface area contributed by atoms with E-state index in [2.05, 4.69) is 73.1 Å². The summed E-state index contributed by atoms with van der Waals surface area (Å²) in [5.41, 5.74) is 5.89. The third-order valence-corrected chi connectivity index (χ3v) is 4.69. The summed E-state index contributed by atoms with van der Waals surface area (Å²) in [7, 11) is 0. The summed E-state index contributed by atoms with van der Waals surface area (Å²) in [5.74, 6) is 0.924. The molecule has 0 aromatic carbocycles. The molecule has 0 saturated carbocycles. The van der Waals surface area contributed by atoms with E-state index in [0.717, 1.165) is 23.3 Å². The molecule has 0 spiro atoms. The van der Waals surface area contributed by atoms with Crippen LogP contribution in [0.1, 0.15) is 49.4 Å². The number of pyridine rings is 2. The van der Waals surface area contributed by atoms with Crippen molar-refractivity contribution in [3.05, 3.63) is 71.9 Å². The van der Waals surface area contributed by atoms with E-state index in [4.69, 9.17) is 4.98 Å². The lowest BCUT2D eigenvalue weighted by Gasteiger charge is -2.10. The first kappa shape index (κ1) is 14.9. The molecule has 0 N–H and O–H groups in total. The van der Waals surface area contributed by atoms with Gasteiger partial charge in [0.05, 0.1) is 11.2 Å². The zero-order valence-electron chi connectivity index (χ0n) is 14.3. The Kier molecular flexibility index (Phi) is 3.60. The van der Waals surface area contributed by atoms with E-state index >= 15 is 0 Å². The molecule has 4 heteroatoms. The van der Waals surface area contributed by atoms with Crippen LogP contribution in [-0.2, 0) is 6.42 Å². The normalized spacial score (nSPS) is 13.2. The molecule has 4 nitrogen and oxygen atoms in total. The summed E-state index contributed by atoms with van der Waals surface area (Å²) in [6.45, 7) is 6.67. The van der Waals surface area contributed by atoms with E-state index in [1.54, 1.807) is 0 Å². The molecule has 1 unspecified atom stereocenters. The van der Waals surface area contributed by atoms with Gasteiger partial charge in [0.2, 0.25) is 0 Å². The Hall–Kier alpha value is -2.62. The van der Waals surface area contributed by atoms with E-state index in [1.807, 2.05) is 16.8 Å². The van der Waals surface area contributed by atoms with Crippen LogP contribution >= 0.6 is 0 Å².